The lowest BCUT2D eigenvalue weighted by molar-refractivity contribution is 0.0406. The lowest BCUT2D eigenvalue weighted by Crippen LogP contribution is -2.39. The molecule has 0 bridgehead atoms. The summed E-state index contributed by atoms with van der Waals surface area (Å²) in [7, 11) is 0. The quantitative estimate of drug-likeness (QED) is 0.311. The summed E-state index contributed by atoms with van der Waals surface area (Å²) in [6.45, 7) is 3.13. The molecular formula is C24H30FN5O3S. The Hall–Kier alpha value is -2.82. The van der Waals surface area contributed by atoms with Crippen LogP contribution in [0.25, 0.3) is 10.2 Å². The first kappa shape index (κ1) is 24.3. The monoisotopic (exact) mass is 487 g/mol. The summed E-state index contributed by atoms with van der Waals surface area (Å²) < 4.78 is 15.3. The molecule has 34 heavy (non-hydrogen) atoms. The van der Waals surface area contributed by atoms with E-state index in [-0.39, 0.29) is 24.1 Å². The van der Waals surface area contributed by atoms with Crippen LogP contribution in [0.1, 0.15) is 43.5 Å². The fraction of sp³-hybridized carbons (Fsp3) is 0.458. The van der Waals surface area contributed by atoms with Gasteiger partial charge in [-0.2, -0.15) is 0 Å². The molecule has 1 saturated carbocycles. The molecule has 4 atom stereocenters. The van der Waals surface area contributed by atoms with Crippen LogP contribution in [0.5, 0.6) is 0 Å². The lowest BCUT2D eigenvalue weighted by atomic mass is 10.0. The molecule has 5 N–H and O–H groups in total. The van der Waals surface area contributed by atoms with Gasteiger partial charge in [-0.1, -0.05) is 13.8 Å². The molecule has 0 radical (unpaired) electrons. The normalized spacial score (nSPS) is 19.8. The number of pyridine rings is 1. The number of fused-ring (bicyclic) bond motifs is 1. The maximum atomic E-state index is 14.3. The van der Waals surface area contributed by atoms with Crippen molar-refractivity contribution in [1.29, 1.82) is 0 Å². The van der Waals surface area contributed by atoms with Crippen LogP contribution in [-0.4, -0.2) is 57.1 Å². The average Bonchev–Trinajstić information content (AvgIpc) is 3.45. The summed E-state index contributed by atoms with van der Waals surface area (Å²) >= 11 is 1.54. The zero-order valence-corrected chi connectivity index (χ0v) is 20.0. The van der Waals surface area contributed by atoms with Gasteiger partial charge in [0.05, 0.1) is 51.8 Å². The fourth-order valence-corrected chi connectivity index (χ4v) is 4.75. The summed E-state index contributed by atoms with van der Waals surface area (Å²) in [6, 6.07) is 7.33. The molecule has 4 rings (SSSR count). The largest absolute Gasteiger partial charge is 0.391 e. The van der Waals surface area contributed by atoms with Crippen molar-refractivity contribution in [2.45, 2.75) is 57.5 Å². The van der Waals surface area contributed by atoms with E-state index in [0.29, 0.717) is 17.9 Å². The lowest BCUT2D eigenvalue weighted by Gasteiger charge is -2.22. The van der Waals surface area contributed by atoms with Crippen molar-refractivity contribution >= 4 is 44.7 Å². The number of carbonyl (C=O) groups is 1. The van der Waals surface area contributed by atoms with E-state index in [0.717, 1.165) is 28.7 Å². The molecule has 8 nitrogen and oxygen atoms in total. The van der Waals surface area contributed by atoms with E-state index in [2.05, 4.69) is 25.9 Å². The number of nitrogens with zero attached hydrogens (tertiary/aromatic N) is 2. The molecule has 1 fully saturated rings. The Balaban J connectivity index is 1.54. The van der Waals surface area contributed by atoms with Crippen molar-refractivity contribution in [1.82, 2.24) is 15.3 Å². The molecule has 1 aliphatic rings. The van der Waals surface area contributed by atoms with Gasteiger partial charge in [0.15, 0.2) is 0 Å². The number of anilines is 3. The van der Waals surface area contributed by atoms with E-state index in [9.17, 15) is 19.4 Å². The van der Waals surface area contributed by atoms with E-state index in [1.807, 2.05) is 18.2 Å². The maximum absolute atomic E-state index is 14.3. The molecule has 0 spiro atoms. The number of aliphatic hydroxyl groups is 2. The molecule has 1 amide bonds. The predicted molar refractivity (Wildman–Crippen MR) is 132 cm³/mol. The second-order valence-corrected chi connectivity index (χ2v) is 9.87. The van der Waals surface area contributed by atoms with Crippen molar-refractivity contribution in [3.63, 3.8) is 0 Å². The Bertz CT molecular complexity index is 1140. The third-order valence-corrected chi connectivity index (χ3v) is 6.88. The number of hydrogen-bond donors (Lipinski definition) is 5. The number of carbonyl (C=O) groups excluding carboxylic acids is 1. The molecule has 3 aromatic rings. The maximum Gasteiger partial charge on any atom is 0.255 e. The Morgan fingerprint density at radius 2 is 2.09 bits per heavy atom. The smallest absolute Gasteiger partial charge is 0.255 e. The number of halogens is 1. The Morgan fingerprint density at radius 3 is 2.82 bits per heavy atom. The summed E-state index contributed by atoms with van der Waals surface area (Å²) in [5.41, 5.74) is 4.28. The minimum Gasteiger partial charge on any atom is -0.391 e. The van der Waals surface area contributed by atoms with Gasteiger partial charge in [0.25, 0.3) is 5.91 Å². The van der Waals surface area contributed by atoms with E-state index >= 15 is 0 Å². The number of benzene rings is 1. The minimum absolute atomic E-state index is 0.188. The highest BCUT2D eigenvalue weighted by molar-refractivity contribution is 7.16. The fourth-order valence-electron chi connectivity index (χ4n) is 4.04. The second kappa shape index (κ2) is 10.6. The number of aromatic nitrogens is 2. The van der Waals surface area contributed by atoms with Crippen molar-refractivity contribution in [2.75, 3.05) is 17.2 Å². The van der Waals surface area contributed by atoms with E-state index < -0.39 is 24.3 Å². The molecule has 0 aliphatic heterocycles. The van der Waals surface area contributed by atoms with Crippen molar-refractivity contribution in [3.05, 3.63) is 41.5 Å². The van der Waals surface area contributed by atoms with Crippen molar-refractivity contribution in [3.8, 4) is 0 Å². The van der Waals surface area contributed by atoms with Gasteiger partial charge in [-0.15, -0.1) is 11.3 Å². The van der Waals surface area contributed by atoms with Gasteiger partial charge < -0.3 is 26.2 Å². The molecule has 182 valence electrons. The Labute approximate surface area is 201 Å². The van der Waals surface area contributed by atoms with E-state index in [4.69, 9.17) is 0 Å². The van der Waals surface area contributed by atoms with Gasteiger partial charge in [0.2, 0.25) is 0 Å². The van der Waals surface area contributed by atoms with Gasteiger partial charge in [0.1, 0.15) is 12.0 Å². The highest BCUT2D eigenvalue weighted by Gasteiger charge is 2.27. The number of nitrogens with one attached hydrogen (secondary N) is 3. The van der Waals surface area contributed by atoms with Crippen LogP contribution in [0.2, 0.25) is 0 Å². The standard InChI is InChI=1S/C24H30FN5O3S/c1-13(2)23(32)16(25)11-27-24(33)15-10-26-22(9-19(15)30-17-4-3-5-20(17)31)29-14-6-7-18-21(8-14)34-12-28-18/h6-10,12-13,16-17,20,23,31-32H,3-5,11H2,1-2H3,(H,27,33)(H2,26,29,30)/t16-,17-,20-,23?/m1/s1. The predicted octanol–water partition coefficient (Wildman–Crippen LogP) is 3.85. The van der Waals surface area contributed by atoms with Crippen LogP contribution in [0.3, 0.4) is 0 Å². The molecular weight excluding hydrogens is 457 g/mol. The zero-order chi connectivity index (χ0) is 24.2. The summed E-state index contributed by atoms with van der Waals surface area (Å²) in [6.07, 6.45) is 0.551. The summed E-state index contributed by atoms with van der Waals surface area (Å²) in [5.74, 6) is -0.239. The molecule has 10 heteroatoms. The Morgan fingerprint density at radius 1 is 1.26 bits per heavy atom. The number of amides is 1. The third kappa shape index (κ3) is 5.63. The topological polar surface area (TPSA) is 119 Å². The minimum atomic E-state index is -1.58. The first-order chi connectivity index (χ1) is 16.3. The van der Waals surface area contributed by atoms with E-state index in [1.165, 1.54) is 6.20 Å². The summed E-state index contributed by atoms with van der Waals surface area (Å²) in [4.78, 5) is 21.5. The van der Waals surface area contributed by atoms with Gasteiger partial charge in [0, 0.05) is 18.0 Å². The van der Waals surface area contributed by atoms with Crippen LogP contribution in [-0.2, 0) is 0 Å². The molecule has 1 unspecified atom stereocenters. The van der Waals surface area contributed by atoms with Crippen LogP contribution in [0.15, 0.2) is 36.0 Å². The Kier molecular flexibility index (Phi) is 7.60. The second-order valence-electron chi connectivity index (χ2n) is 8.98. The molecule has 0 saturated heterocycles. The number of thiazole rings is 1. The molecule has 2 aromatic heterocycles. The molecule has 1 aliphatic carbocycles. The number of hydrogen-bond acceptors (Lipinski definition) is 8. The van der Waals surface area contributed by atoms with Crippen LogP contribution >= 0.6 is 11.3 Å². The highest BCUT2D eigenvalue weighted by Crippen LogP contribution is 2.29. The van der Waals surface area contributed by atoms with Crippen molar-refractivity contribution in [2.24, 2.45) is 5.92 Å². The van der Waals surface area contributed by atoms with Gasteiger partial charge >= 0.3 is 0 Å². The van der Waals surface area contributed by atoms with Crippen LogP contribution < -0.4 is 16.0 Å². The highest BCUT2D eigenvalue weighted by atomic mass is 32.1. The summed E-state index contributed by atoms with van der Waals surface area (Å²) in [5, 5.41) is 29.2. The van der Waals surface area contributed by atoms with E-state index in [1.54, 1.807) is 36.8 Å². The van der Waals surface area contributed by atoms with Gasteiger partial charge in [-0.3, -0.25) is 4.79 Å². The van der Waals surface area contributed by atoms with Crippen molar-refractivity contribution < 1.29 is 19.4 Å². The number of alkyl halides is 1. The first-order valence-electron chi connectivity index (χ1n) is 11.5. The molecule has 2 heterocycles. The number of rotatable bonds is 9. The van der Waals surface area contributed by atoms with Gasteiger partial charge in [-0.25, -0.2) is 14.4 Å². The third-order valence-electron chi connectivity index (χ3n) is 6.08. The molecule has 1 aromatic carbocycles. The van der Waals surface area contributed by atoms with Crippen LogP contribution in [0, 0.1) is 5.92 Å². The SMILES string of the molecule is CC(C)C(O)[C@H](F)CNC(=O)c1cnc(Nc2ccc3ncsc3c2)cc1N[C@@H]1CCC[C@H]1O. The zero-order valence-electron chi connectivity index (χ0n) is 19.2. The average molecular weight is 488 g/mol. The first-order valence-corrected chi connectivity index (χ1v) is 12.3. The van der Waals surface area contributed by atoms with Gasteiger partial charge in [-0.05, 0) is 43.4 Å². The van der Waals surface area contributed by atoms with Crippen LogP contribution in [0.4, 0.5) is 21.6 Å². The number of aliphatic hydroxyl groups excluding tert-OH is 2.